The Hall–Kier alpha value is -5.17. The fourth-order valence-corrected chi connectivity index (χ4v) is 4.34. The number of imidazole rings is 1. The summed E-state index contributed by atoms with van der Waals surface area (Å²) in [5.41, 5.74) is 8.79. The van der Waals surface area contributed by atoms with Gasteiger partial charge in [0.1, 0.15) is 17.8 Å². The minimum Gasteiger partial charge on any atom is -0.508 e. The summed E-state index contributed by atoms with van der Waals surface area (Å²) in [6.45, 7) is -0.448. The zero-order chi connectivity index (χ0) is 29.4. The van der Waals surface area contributed by atoms with E-state index in [2.05, 4.69) is 30.9 Å². The number of aromatic hydroxyl groups is 1. The van der Waals surface area contributed by atoms with Crippen molar-refractivity contribution in [2.75, 3.05) is 6.54 Å². The molecule has 9 N–H and O–H groups in total. The molecule has 13 nitrogen and oxygen atoms in total. The average molecular weight is 562 g/mol. The number of carbonyl (C=O) groups is 4. The first-order valence-electron chi connectivity index (χ1n) is 12.9. The Morgan fingerprint density at radius 1 is 0.902 bits per heavy atom. The summed E-state index contributed by atoms with van der Waals surface area (Å²) in [6.07, 6.45) is 4.80. The summed E-state index contributed by atoms with van der Waals surface area (Å²) in [4.78, 5) is 60.3. The maximum Gasteiger partial charge on any atom is 0.326 e. The molecular weight excluding hydrogens is 530 g/mol. The van der Waals surface area contributed by atoms with Crippen LogP contribution in [0, 0.1) is 0 Å². The van der Waals surface area contributed by atoms with Gasteiger partial charge in [0.2, 0.25) is 17.7 Å². The molecule has 13 heteroatoms. The lowest BCUT2D eigenvalue weighted by molar-refractivity contribution is -0.142. The molecule has 0 bridgehead atoms. The van der Waals surface area contributed by atoms with Crippen LogP contribution in [0.1, 0.15) is 16.8 Å². The number of carbonyl (C=O) groups excluding carboxylic acids is 3. The number of aromatic amines is 2. The molecule has 0 fully saturated rings. The Morgan fingerprint density at radius 3 is 2.37 bits per heavy atom. The number of nitrogens with one attached hydrogen (secondary N) is 5. The minimum atomic E-state index is -1.28. The number of carboxylic acids is 1. The lowest BCUT2D eigenvalue weighted by Crippen LogP contribution is -2.55. The van der Waals surface area contributed by atoms with Gasteiger partial charge in [-0.25, -0.2) is 9.78 Å². The van der Waals surface area contributed by atoms with Crippen LogP contribution in [0.25, 0.3) is 10.9 Å². The predicted octanol–water partition coefficient (Wildman–Crippen LogP) is 0.122. The lowest BCUT2D eigenvalue weighted by Gasteiger charge is -2.21. The fraction of sp³-hybridized carbons (Fsp3) is 0.250. The summed E-state index contributed by atoms with van der Waals surface area (Å²) in [6, 6.07) is 10.3. The van der Waals surface area contributed by atoms with Crippen LogP contribution < -0.4 is 21.7 Å². The van der Waals surface area contributed by atoms with Crippen LogP contribution in [0.4, 0.5) is 0 Å². The van der Waals surface area contributed by atoms with Crippen LogP contribution in [-0.4, -0.2) is 73.5 Å². The predicted molar refractivity (Wildman–Crippen MR) is 149 cm³/mol. The number of benzene rings is 2. The van der Waals surface area contributed by atoms with Crippen molar-refractivity contribution in [2.45, 2.75) is 37.4 Å². The Kier molecular flexibility index (Phi) is 9.32. The maximum absolute atomic E-state index is 13.3. The molecule has 0 radical (unpaired) electrons. The third-order valence-corrected chi connectivity index (χ3v) is 6.50. The van der Waals surface area contributed by atoms with Gasteiger partial charge in [-0.1, -0.05) is 30.3 Å². The average Bonchev–Trinajstić information content (AvgIpc) is 3.62. The summed E-state index contributed by atoms with van der Waals surface area (Å²) >= 11 is 0. The number of aliphatic carboxylic acids is 1. The molecule has 3 unspecified atom stereocenters. The van der Waals surface area contributed by atoms with E-state index in [1.165, 1.54) is 24.7 Å². The van der Waals surface area contributed by atoms with Crippen molar-refractivity contribution in [1.29, 1.82) is 0 Å². The molecule has 41 heavy (non-hydrogen) atoms. The second-order valence-corrected chi connectivity index (χ2v) is 9.56. The standard InChI is InChI=1S/C28H31N7O6/c29-21(9-16-5-7-19(36)8-6-16)26(38)32-14-25(37)34-23(10-17-12-31-22-4-2-1-3-20(17)22)27(39)35-24(28(40)41)11-18-13-30-15-33-18/h1-8,12-13,15,21,23-24,31,36H,9-11,14,29H2,(H,30,33)(H,32,38)(H,34,37)(H,35,39)(H,40,41). The van der Waals surface area contributed by atoms with Gasteiger partial charge in [-0.3, -0.25) is 14.4 Å². The number of H-pyrrole nitrogens is 2. The Bertz CT molecular complexity index is 1500. The third kappa shape index (κ3) is 7.92. The molecule has 2 heterocycles. The van der Waals surface area contributed by atoms with Gasteiger partial charge in [0.05, 0.1) is 18.9 Å². The summed E-state index contributed by atoms with van der Waals surface area (Å²) in [5, 5.41) is 27.5. The van der Waals surface area contributed by atoms with E-state index in [1.54, 1.807) is 18.3 Å². The lowest BCUT2D eigenvalue weighted by atomic mass is 10.0. The number of para-hydroxylation sites is 1. The van der Waals surface area contributed by atoms with Crippen LogP contribution in [0.5, 0.6) is 5.75 Å². The van der Waals surface area contributed by atoms with Crippen LogP contribution >= 0.6 is 0 Å². The van der Waals surface area contributed by atoms with Crippen molar-refractivity contribution in [3.8, 4) is 5.75 Å². The first kappa shape index (κ1) is 28.8. The van der Waals surface area contributed by atoms with Gasteiger partial charge < -0.3 is 41.9 Å². The van der Waals surface area contributed by atoms with Gasteiger partial charge in [-0.05, 0) is 35.7 Å². The van der Waals surface area contributed by atoms with Gasteiger partial charge in [0.25, 0.3) is 0 Å². The van der Waals surface area contributed by atoms with Crippen LogP contribution in [0.15, 0.2) is 67.3 Å². The maximum atomic E-state index is 13.3. The number of aromatic nitrogens is 3. The second kappa shape index (κ2) is 13.3. The van der Waals surface area contributed by atoms with Crippen molar-refractivity contribution in [1.82, 2.24) is 30.9 Å². The highest BCUT2D eigenvalue weighted by molar-refractivity contribution is 5.93. The van der Waals surface area contributed by atoms with E-state index in [9.17, 15) is 29.4 Å². The Labute approximate surface area is 234 Å². The number of hydrogen-bond acceptors (Lipinski definition) is 7. The zero-order valence-corrected chi connectivity index (χ0v) is 22.0. The van der Waals surface area contributed by atoms with E-state index in [0.717, 1.165) is 22.0 Å². The number of phenolic OH excluding ortho intramolecular Hbond substituents is 1. The van der Waals surface area contributed by atoms with E-state index < -0.39 is 48.4 Å². The van der Waals surface area contributed by atoms with E-state index in [1.807, 2.05) is 24.3 Å². The minimum absolute atomic E-state index is 0.0379. The Balaban J connectivity index is 1.42. The van der Waals surface area contributed by atoms with Crippen LogP contribution in [-0.2, 0) is 38.4 Å². The molecular formula is C28H31N7O6. The molecule has 0 aliphatic carbocycles. The van der Waals surface area contributed by atoms with Crippen LogP contribution in [0.2, 0.25) is 0 Å². The molecule has 0 aliphatic rings. The fourth-order valence-electron chi connectivity index (χ4n) is 4.34. The summed E-state index contributed by atoms with van der Waals surface area (Å²) in [7, 11) is 0. The topological polar surface area (TPSA) is 215 Å². The molecule has 4 rings (SSSR count). The quantitative estimate of drug-likeness (QED) is 0.112. The first-order chi connectivity index (χ1) is 19.7. The number of carboxylic acid groups (broad SMARTS) is 1. The van der Waals surface area contributed by atoms with Gasteiger partial charge in [0.15, 0.2) is 0 Å². The molecule has 2 aromatic heterocycles. The molecule has 0 aliphatic heterocycles. The molecule has 0 saturated carbocycles. The number of nitrogens with two attached hydrogens (primary N) is 1. The van der Waals surface area contributed by atoms with Crippen molar-refractivity contribution in [3.05, 3.63) is 84.1 Å². The van der Waals surface area contributed by atoms with E-state index in [4.69, 9.17) is 5.73 Å². The van der Waals surface area contributed by atoms with E-state index >= 15 is 0 Å². The largest absolute Gasteiger partial charge is 0.508 e. The molecule has 0 saturated heterocycles. The van der Waals surface area contributed by atoms with Crippen molar-refractivity contribution in [3.63, 3.8) is 0 Å². The number of rotatable bonds is 13. The van der Waals surface area contributed by atoms with E-state index in [-0.39, 0.29) is 25.0 Å². The van der Waals surface area contributed by atoms with E-state index in [0.29, 0.717) is 5.69 Å². The van der Waals surface area contributed by atoms with Gasteiger partial charge in [-0.15, -0.1) is 0 Å². The summed E-state index contributed by atoms with van der Waals surface area (Å²) < 4.78 is 0. The van der Waals surface area contributed by atoms with Gasteiger partial charge in [0, 0.05) is 41.8 Å². The smallest absolute Gasteiger partial charge is 0.326 e. The molecule has 2 aromatic carbocycles. The number of amides is 3. The molecule has 4 aromatic rings. The number of fused-ring (bicyclic) bond motifs is 1. The van der Waals surface area contributed by atoms with Crippen LogP contribution in [0.3, 0.4) is 0 Å². The SMILES string of the molecule is NC(Cc1ccc(O)cc1)C(=O)NCC(=O)NC(Cc1c[nH]c2ccccc12)C(=O)NC(Cc1cnc[nH]1)C(=O)O. The third-order valence-electron chi connectivity index (χ3n) is 6.50. The highest BCUT2D eigenvalue weighted by Gasteiger charge is 2.28. The zero-order valence-electron chi connectivity index (χ0n) is 22.0. The number of phenols is 1. The van der Waals surface area contributed by atoms with Crippen molar-refractivity contribution >= 4 is 34.6 Å². The van der Waals surface area contributed by atoms with Gasteiger partial charge in [-0.2, -0.15) is 0 Å². The molecule has 0 spiro atoms. The highest BCUT2D eigenvalue weighted by Crippen LogP contribution is 2.19. The van der Waals surface area contributed by atoms with Crippen molar-refractivity contribution in [2.24, 2.45) is 5.73 Å². The molecule has 214 valence electrons. The number of nitrogens with zero attached hydrogens (tertiary/aromatic N) is 1. The second-order valence-electron chi connectivity index (χ2n) is 9.56. The Morgan fingerprint density at radius 2 is 1.66 bits per heavy atom. The normalized spacial score (nSPS) is 13.2. The first-order valence-corrected chi connectivity index (χ1v) is 12.9. The van der Waals surface area contributed by atoms with Crippen molar-refractivity contribution < 1.29 is 29.4 Å². The summed E-state index contributed by atoms with van der Waals surface area (Å²) in [5.74, 6) is -3.09. The monoisotopic (exact) mass is 561 g/mol. The number of hydrogen-bond donors (Lipinski definition) is 8. The highest BCUT2D eigenvalue weighted by atomic mass is 16.4. The molecule has 3 atom stereocenters. The van der Waals surface area contributed by atoms with Gasteiger partial charge >= 0.3 is 5.97 Å². The molecule has 3 amide bonds.